The lowest BCUT2D eigenvalue weighted by Crippen LogP contribution is -2.17. The number of aromatic nitrogens is 1. The van der Waals surface area contributed by atoms with Gasteiger partial charge in [-0.1, -0.05) is 0 Å². The number of methoxy groups -OCH3 is 3. The van der Waals surface area contributed by atoms with Crippen LogP contribution in [0.15, 0.2) is 41.8 Å². The molecule has 0 bridgehead atoms. The summed E-state index contributed by atoms with van der Waals surface area (Å²) < 4.78 is 15.7. The first-order valence-electron chi connectivity index (χ1n) is 6.73. The molecule has 0 radical (unpaired) electrons. The number of hydrazone groups is 1. The van der Waals surface area contributed by atoms with E-state index in [0.29, 0.717) is 28.4 Å². The van der Waals surface area contributed by atoms with E-state index in [1.54, 1.807) is 31.4 Å². The monoisotopic (exact) mass is 315 g/mol. The normalized spacial score (nSPS) is 10.4. The Morgan fingerprint density at radius 1 is 1.04 bits per heavy atom. The Hall–Kier alpha value is -3.09. The second kappa shape index (κ2) is 7.79. The molecular weight excluding hydrogens is 298 g/mol. The van der Waals surface area contributed by atoms with Gasteiger partial charge in [-0.15, -0.1) is 0 Å². The van der Waals surface area contributed by atoms with E-state index in [2.05, 4.69) is 15.5 Å². The van der Waals surface area contributed by atoms with E-state index in [-0.39, 0.29) is 5.91 Å². The van der Waals surface area contributed by atoms with Crippen molar-refractivity contribution < 1.29 is 19.0 Å². The van der Waals surface area contributed by atoms with Crippen LogP contribution in [-0.4, -0.2) is 38.4 Å². The second-order valence-corrected chi connectivity index (χ2v) is 4.38. The van der Waals surface area contributed by atoms with Crippen molar-refractivity contribution in [3.8, 4) is 17.2 Å². The standard InChI is InChI=1S/C16H17N3O4/c1-21-13-9-15(23-3)14(22-2)8-12(13)10-18-19-16(20)11-4-6-17-7-5-11/h4-10H,1-3H3,(H,19,20). The summed E-state index contributed by atoms with van der Waals surface area (Å²) in [6, 6.07) is 6.59. The number of ether oxygens (including phenoxy) is 3. The highest BCUT2D eigenvalue weighted by Gasteiger charge is 2.10. The zero-order valence-corrected chi connectivity index (χ0v) is 13.1. The van der Waals surface area contributed by atoms with E-state index in [0.717, 1.165) is 0 Å². The van der Waals surface area contributed by atoms with Crippen LogP contribution >= 0.6 is 0 Å². The smallest absolute Gasteiger partial charge is 0.271 e. The molecular formula is C16H17N3O4. The molecule has 0 saturated heterocycles. The summed E-state index contributed by atoms with van der Waals surface area (Å²) in [4.78, 5) is 15.7. The molecule has 0 aliphatic carbocycles. The Kier molecular flexibility index (Phi) is 5.51. The zero-order chi connectivity index (χ0) is 16.7. The lowest BCUT2D eigenvalue weighted by atomic mass is 10.2. The van der Waals surface area contributed by atoms with Gasteiger partial charge in [-0.3, -0.25) is 9.78 Å². The maximum absolute atomic E-state index is 11.9. The Morgan fingerprint density at radius 3 is 2.26 bits per heavy atom. The third kappa shape index (κ3) is 3.97. The van der Waals surface area contributed by atoms with Crippen LogP contribution in [0, 0.1) is 0 Å². The molecule has 7 heteroatoms. The maximum atomic E-state index is 11.9. The lowest BCUT2D eigenvalue weighted by molar-refractivity contribution is 0.0955. The highest BCUT2D eigenvalue weighted by atomic mass is 16.5. The summed E-state index contributed by atoms with van der Waals surface area (Å²) in [6.45, 7) is 0. The minimum absolute atomic E-state index is 0.330. The molecule has 0 aliphatic rings. The first-order valence-corrected chi connectivity index (χ1v) is 6.73. The van der Waals surface area contributed by atoms with Gasteiger partial charge in [0.2, 0.25) is 0 Å². The average molecular weight is 315 g/mol. The summed E-state index contributed by atoms with van der Waals surface area (Å²) in [5, 5.41) is 3.94. The lowest BCUT2D eigenvalue weighted by Gasteiger charge is -2.11. The SMILES string of the molecule is COc1cc(OC)c(OC)cc1C=NNC(=O)c1ccncc1. The third-order valence-electron chi connectivity index (χ3n) is 3.05. The summed E-state index contributed by atoms with van der Waals surface area (Å²) in [7, 11) is 4.62. The van der Waals surface area contributed by atoms with Crippen LogP contribution in [0.2, 0.25) is 0 Å². The van der Waals surface area contributed by atoms with Gasteiger partial charge in [-0.25, -0.2) is 5.43 Å². The average Bonchev–Trinajstić information content (AvgIpc) is 2.61. The van der Waals surface area contributed by atoms with Gasteiger partial charge in [-0.05, 0) is 18.2 Å². The topological polar surface area (TPSA) is 82.0 Å². The van der Waals surface area contributed by atoms with Crippen molar-refractivity contribution in [3.63, 3.8) is 0 Å². The van der Waals surface area contributed by atoms with Crippen molar-refractivity contribution in [2.75, 3.05) is 21.3 Å². The summed E-state index contributed by atoms with van der Waals surface area (Å²) in [5.41, 5.74) is 3.55. The number of nitrogens with one attached hydrogen (secondary N) is 1. The van der Waals surface area contributed by atoms with E-state index >= 15 is 0 Å². The number of carbonyl (C=O) groups is 1. The van der Waals surface area contributed by atoms with Crippen LogP contribution in [0.4, 0.5) is 0 Å². The van der Waals surface area contributed by atoms with Crippen LogP contribution in [0.3, 0.4) is 0 Å². The molecule has 0 unspecified atom stereocenters. The van der Waals surface area contributed by atoms with Crippen LogP contribution in [0.5, 0.6) is 17.2 Å². The van der Waals surface area contributed by atoms with Crippen LogP contribution in [0.25, 0.3) is 0 Å². The zero-order valence-electron chi connectivity index (χ0n) is 13.1. The fourth-order valence-electron chi connectivity index (χ4n) is 1.88. The minimum Gasteiger partial charge on any atom is -0.496 e. The molecule has 1 heterocycles. The molecule has 0 atom stereocenters. The largest absolute Gasteiger partial charge is 0.496 e. The van der Waals surface area contributed by atoms with Gasteiger partial charge < -0.3 is 14.2 Å². The van der Waals surface area contributed by atoms with Gasteiger partial charge in [0.25, 0.3) is 5.91 Å². The first kappa shape index (κ1) is 16.3. The highest BCUT2D eigenvalue weighted by molar-refractivity contribution is 5.95. The molecule has 0 aliphatic heterocycles. The van der Waals surface area contributed by atoms with E-state index in [1.807, 2.05) is 0 Å². The maximum Gasteiger partial charge on any atom is 0.271 e. The number of amides is 1. The van der Waals surface area contributed by atoms with Gasteiger partial charge in [0.15, 0.2) is 11.5 Å². The number of pyridine rings is 1. The third-order valence-corrected chi connectivity index (χ3v) is 3.05. The predicted molar refractivity (Wildman–Crippen MR) is 85.4 cm³/mol. The fourth-order valence-corrected chi connectivity index (χ4v) is 1.88. The second-order valence-electron chi connectivity index (χ2n) is 4.38. The molecule has 120 valence electrons. The molecule has 0 spiro atoms. The van der Waals surface area contributed by atoms with Crippen molar-refractivity contribution in [2.24, 2.45) is 5.10 Å². The Morgan fingerprint density at radius 2 is 1.65 bits per heavy atom. The molecule has 2 aromatic rings. The van der Waals surface area contributed by atoms with E-state index in [1.165, 1.54) is 32.8 Å². The van der Waals surface area contributed by atoms with Gasteiger partial charge in [0.1, 0.15) is 5.75 Å². The molecule has 0 fully saturated rings. The fraction of sp³-hybridized carbons (Fsp3) is 0.188. The van der Waals surface area contributed by atoms with Crippen molar-refractivity contribution in [3.05, 3.63) is 47.8 Å². The van der Waals surface area contributed by atoms with Crippen LogP contribution in [0.1, 0.15) is 15.9 Å². The van der Waals surface area contributed by atoms with E-state index in [4.69, 9.17) is 14.2 Å². The number of nitrogens with zero attached hydrogens (tertiary/aromatic N) is 2. The molecule has 23 heavy (non-hydrogen) atoms. The molecule has 1 aromatic carbocycles. The van der Waals surface area contributed by atoms with Gasteiger partial charge in [0, 0.05) is 29.6 Å². The summed E-state index contributed by atoms with van der Waals surface area (Å²) in [5.74, 6) is 1.30. The summed E-state index contributed by atoms with van der Waals surface area (Å²) in [6.07, 6.45) is 4.55. The van der Waals surface area contributed by atoms with Gasteiger partial charge >= 0.3 is 0 Å². The van der Waals surface area contributed by atoms with E-state index in [9.17, 15) is 4.79 Å². The number of hydrogen-bond donors (Lipinski definition) is 1. The first-order chi connectivity index (χ1) is 11.2. The number of carbonyl (C=O) groups excluding carboxylic acids is 1. The Balaban J connectivity index is 2.17. The molecule has 0 saturated carbocycles. The quantitative estimate of drug-likeness (QED) is 0.650. The molecule has 2 rings (SSSR count). The molecule has 1 N–H and O–H groups in total. The van der Waals surface area contributed by atoms with Crippen molar-refractivity contribution in [2.45, 2.75) is 0 Å². The van der Waals surface area contributed by atoms with Gasteiger partial charge in [0.05, 0.1) is 27.5 Å². The molecule has 1 amide bonds. The number of rotatable bonds is 6. The molecule has 1 aromatic heterocycles. The number of hydrogen-bond acceptors (Lipinski definition) is 6. The van der Waals surface area contributed by atoms with Crippen molar-refractivity contribution in [1.82, 2.24) is 10.4 Å². The van der Waals surface area contributed by atoms with Gasteiger partial charge in [-0.2, -0.15) is 5.10 Å². The number of benzene rings is 1. The van der Waals surface area contributed by atoms with E-state index < -0.39 is 0 Å². The summed E-state index contributed by atoms with van der Waals surface area (Å²) >= 11 is 0. The highest BCUT2D eigenvalue weighted by Crippen LogP contribution is 2.33. The van der Waals surface area contributed by atoms with Crippen molar-refractivity contribution in [1.29, 1.82) is 0 Å². The van der Waals surface area contributed by atoms with Crippen LogP contribution < -0.4 is 19.6 Å². The van der Waals surface area contributed by atoms with Crippen molar-refractivity contribution >= 4 is 12.1 Å². The predicted octanol–water partition coefficient (Wildman–Crippen LogP) is 1.87. The minimum atomic E-state index is -0.330. The Labute approximate surface area is 133 Å². The van der Waals surface area contributed by atoms with Crippen LogP contribution in [-0.2, 0) is 0 Å². The Bertz CT molecular complexity index is 702. The molecule has 7 nitrogen and oxygen atoms in total.